The monoisotopic (exact) mass is 312 g/mol. The van der Waals surface area contributed by atoms with Crippen molar-refractivity contribution < 1.29 is 14.3 Å². The van der Waals surface area contributed by atoms with Gasteiger partial charge in [-0.1, -0.05) is 24.3 Å². The van der Waals surface area contributed by atoms with Crippen molar-refractivity contribution >= 4 is 17.5 Å². The van der Waals surface area contributed by atoms with Gasteiger partial charge >= 0.3 is 0 Å². The van der Waals surface area contributed by atoms with E-state index in [0.717, 1.165) is 5.56 Å². The Balaban J connectivity index is 1.99. The van der Waals surface area contributed by atoms with Crippen LogP contribution in [0.5, 0.6) is 5.75 Å². The standard InChI is InChI=1S/C18H20N2O3/c1-3-19-18(22)15-9-4-5-10-16(15)20-17(21)12-23-14-8-6-7-13(2)11-14/h4-11H,3,12H2,1-2H3,(H,19,22)(H,20,21). The van der Waals surface area contributed by atoms with E-state index in [1.807, 2.05) is 32.0 Å². The topological polar surface area (TPSA) is 67.4 Å². The quantitative estimate of drug-likeness (QED) is 0.862. The van der Waals surface area contributed by atoms with Crippen LogP contribution in [0.15, 0.2) is 48.5 Å². The fraction of sp³-hybridized carbons (Fsp3) is 0.222. The number of anilines is 1. The fourth-order valence-corrected chi connectivity index (χ4v) is 2.09. The predicted octanol–water partition coefficient (Wildman–Crippen LogP) is 2.76. The molecule has 5 heteroatoms. The predicted molar refractivity (Wildman–Crippen MR) is 89.8 cm³/mol. The molecule has 2 rings (SSSR count). The first kappa shape index (κ1) is 16.5. The molecule has 2 aromatic rings. The molecule has 2 amide bonds. The third kappa shape index (κ3) is 4.85. The lowest BCUT2D eigenvalue weighted by Crippen LogP contribution is -2.26. The lowest BCUT2D eigenvalue weighted by atomic mass is 10.1. The molecule has 23 heavy (non-hydrogen) atoms. The Morgan fingerprint density at radius 3 is 2.61 bits per heavy atom. The summed E-state index contributed by atoms with van der Waals surface area (Å²) in [6.07, 6.45) is 0. The molecule has 0 aliphatic heterocycles. The number of ether oxygens (including phenoxy) is 1. The van der Waals surface area contributed by atoms with Gasteiger partial charge < -0.3 is 15.4 Å². The maximum Gasteiger partial charge on any atom is 0.262 e. The molecule has 5 nitrogen and oxygen atoms in total. The highest BCUT2D eigenvalue weighted by molar-refractivity contribution is 6.03. The molecule has 2 aromatic carbocycles. The molecule has 0 aromatic heterocycles. The molecule has 0 aliphatic rings. The highest BCUT2D eigenvalue weighted by Crippen LogP contribution is 2.16. The number of aryl methyl sites for hydroxylation is 1. The number of benzene rings is 2. The molecule has 0 bridgehead atoms. The molecule has 0 saturated heterocycles. The van der Waals surface area contributed by atoms with Gasteiger partial charge in [0.1, 0.15) is 5.75 Å². The number of hydrogen-bond donors (Lipinski definition) is 2. The Morgan fingerprint density at radius 1 is 1.09 bits per heavy atom. The van der Waals surface area contributed by atoms with Gasteiger partial charge in [-0.25, -0.2) is 0 Å². The van der Waals surface area contributed by atoms with Crippen LogP contribution in [0.3, 0.4) is 0 Å². The van der Waals surface area contributed by atoms with Gasteiger partial charge in [0.05, 0.1) is 11.3 Å². The van der Waals surface area contributed by atoms with Crippen molar-refractivity contribution in [2.24, 2.45) is 0 Å². The molecule has 0 atom stereocenters. The maximum atomic E-state index is 12.0. The van der Waals surface area contributed by atoms with Gasteiger partial charge in [-0.05, 0) is 43.7 Å². The van der Waals surface area contributed by atoms with Crippen LogP contribution in [-0.2, 0) is 4.79 Å². The molecular weight excluding hydrogens is 292 g/mol. The van der Waals surface area contributed by atoms with Crippen molar-refractivity contribution in [3.05, 3.63) is 59.7 Å². The van der Waals surface area contributed by atoms with Gasteiger partial charge in [0.2, 0.25) is 0 Å². The second kappa shape index (κ2) is 7.98. The zero-order valence-electron chi connectivity index (χ0n) is 13.3. The van der Waals surface area contributed by atoms with E-state index < -0.39 is 0 Å². The van der Waals surface area contributed by atoms with Crippen LogP contribution in [0.2, 0.25) is 0 Å². The summed E-state index contributed by atoms with van der Waals surface area (Å²) in [5, 5.41) is 5.43. The van der Waals surface area contributed by atoms with Crippen LogP contribution in [0.4, 0.5) is 5.69 Å². The lowest BCUT2D eigenvalue weighted by Gasteiger charge is -2.11. The number of rotatable bonds is 6. The molecule has 0 spiro atoms. The molecule has 0 fully saturated rings. The van der Waals surface area contributed by atoms with Crippen LogP contribution in [0, 0.1) is 6.92 Å². The highest BCUT2D eigenvalue weighted by Gasteiger charge is 2.12. The SMILES string of the molecule is CCNC(=O)c1ccccc1NC(=O)COc1cccc(C)c1. The summed E-state index contributed by atoms with van der Waals surface area (Å²) < 4.78 is 5.46. The third-order valence-electron chi connectivity index (χ3n) is 3.14. The largest absolute Gasteiger partial charge is 0.484 e. The Labute approximate surface area is 135 Å². The highest BCUT2D eigenvalue weighted by atomic mass is 16.5. The van der Waals surface area contributed by atoms with Crippen molar-refractivity contribution in [1.29, 1.82) is 0 Å². The summed E-state index contributed by atoms with van der Waals surface area (Å²) in [4.78, 5) is 24.0. The molecular formula is C18H20N2O3. The molecule has 0 aliphatic carbocycles. The molecule has 0 unspecified atom stereocenters. The van der Waals surface area contributed by atoms with Crippen molar-refractivity contribution in [1.82, 2.24) is 5.32 Å². The second-order valence-electron chi connectivity index (χ2n) is 5.06. The summed E-state index contributed by atoms with van der Waals surface area (Å²) in [5.74, 6) is 0.100. The first-order valence-electron chi connectivity index (χ1n) is 7.46. The van der Waals surface area contributed by atoms with Crippen LogP contribution in [0.25, 0.3) is 0 Å². The van der Waals surface area contributed by atoms with Gasteiger partial charge in [0.15, 0.2) is 6.61 Å². The Bertz CT molecular complexity index is 698. The minimum atomic E-state index is -0.316. The van der Waals surface area contributed by atoms with Gasteiger partial charge in [-0.2, -0.15) is 0 Å². The Kier molecular flexibility index (Phi) is 5.74. The minimum Gasteiger partial charge on any atom is -0.484 e. The van der Waals surface area contributed by atoms with Crippen LogP contribution in [0.1, 0.15) is 22.8 Å². The number of carbonyl (C=O) groups excluding carboxylic acids is 2. The van der Waals surface area contributed by atoms with E-state index in [-0.39, 0.29) is 18.4 Å². The Hall–Kier alpha value is -2.82. The second-order valence-corrected chi connectivity index (χ2v) is 5.06. The van der Waals surface area contributed by atoms with Crippen LogP contribution < -0.4 is 15.4 Å². The van der Waals surface area contributed by atoms with Crippen molar-refractivity contribution in [2.45, 2.75) is 13.8 Å². The van der Waals surface area contributed by atoms with Crippen molar-refractivity contribution in [3.63, 3.8) is 0 Å². The fourth-order valence-electron chi connectivity index (χ4n) is 2.09. The average Bonchev–Trinajstić information content (AvgIpc) is 2.54. The zero-order valence-corrected chi connectivity index (χ0v) is 13.3. The third-order valence-corrected chi connectivity index (χ3v) is 3.14. The zero-order chi connectivity index (χ0) is 16.7. The summed E-state index contributed by atoms with van der Waals surface area (Å²) in [6, 6.07) is 14.3. The number of para-hydroxylation sites is 1. The summed E-state index contributed by atoms with van der Waals surface area (Å²) in [5.41, 5.74) is 1.96. The normalized spacial score (nSPS) is 10.0. The van der Waals surface area contributed by atoms with E-state index in [4.69, 9.17) is 4.74 Å². The Morgan fingerprint density at radius 2 is 1.87 bits per heavy atom. The number of carbonyl (C=O) groups is 2. The first-order valence-corrected chi connectivity index (χ1v) is 7.46. The maximum absolute atomic E-state index is 12.0. The van der Waals surface area contributed by atoms with Gasteiger partial charge in [0, 0.05) is 6.54 Å². The number of hydrogen-bond acceptors (Lipinski definition) is 3. The van der Waals surface area contributed by atoms with Crippen LogP contribution >= 0.6 is 0 Å². The summed E-state index contributed by atoms with van der Waals surface area (Å²) in [6.45, 7) is 4.20. The van der Waals surface area contributed by atoms with E-state index in [0.29, 0.717) is 23.5 Å². The van der Waals surface area contributed by atoms with Gasteiger partial charge in [-0.3, -0.25) is 9.59 Å². The molecule has 2 N–H and O–H groups in total. The minimum absolute atomic E-state index is 0.118. The van der Waals surface area contributed by atoms with E-state index in [9.17, 15) is 9.59 Å². The van der Waals surface area contributed by atoms with Gasteiger partial charge in [0.25, 0.3) is 11.8 Å². The number of amides is 2. The molecule has 120 valence electrons. The van der Waals surface area contributed by atoms with Crippen molar-refractivity contribution in [3.8, 4) is 5.75 Å². The average molecular weight is 312 g/mol. The molecule has 0 radical (unpaired) electrons. The van der Waals surface area contributed by atoms with Gasteiger partial charge in [-0.15, -0.1) is 0 Å². The summed E-state index contributed by atoms with van der Waals surface area (Å²) >= 11 is 0. The molecule has 0 saturated carbocycles. The van der Waals surface area contributed by atoms with E-state index >= 15 is 0 Å². The summed E-state index contributed by atoms with van der Waals surface area (Å²) in [7, 11) is 0. The lowest BCUT2D eigenvalue weighted by molar-refractivity contribution is -0.118. The smallest absolute Gasteiger partial charge is 0.262 e. The van der Waals surface area contributed by atoms with E-state index in [2.05, 4.69) is 10.6 Å². The number of nitrogens with one attached hydrogen (secondary N) is 2. The molecule has 0 heterocycles. The van der Waals surface area contributed by atoms with Crippen molar-refractivity contribution in [2.75, 3.05) is 18.5 Å². The van der Waals surface area contributed by atoms with E-state index in [1.165, 1.54) is 0 Å². The van der Waals surface area contributed by atoms with Crippen LogP contribution in [-0.4, -0.2) is 25.0 Å². The van der Waals surface area contributed by atoms with E-state index in [1.54, 1.807) is 30.3 Å². The first-order chi connectivity index (χ1) is 11.1.